The number of ether oxygens (including phenoxy) is 1. The second kappa shape index (κ2) is 8.51. The molecule has 4 amide bonds. The third kappa shape index (κ3) is 3.30. The minimum Gasteiger partial charge on any atom is -0.508 e. The topological polar surface area (TPSA) is 113 Å². The molecule has 8 nitrogen and oxygen atoms in total. The van der Waals surface area contributed by atoms with E-state index in [0.717, 1.165) is 27.7 Å². The molecule has 1 saturated carbocycles. The van der Waals surface area contributed by atoms with Gasteiger partial charge in [-0.1, -0.05) is 23.3 Å². The van der Waals surface area contributed by atoms with Crippen molar-refractivity contribution in [2.75, 3.05) is 4.90 Å². The van der Waals surface area contributed by atoms with Crippen LogP contribution in [0.5, 0.6) is 11.5 Å². The second-order valence-electron chi connectivity index (χ2n) is 11.4. The van der Waals surface area contributed by atoms with Crippen LogP contribution in [0.1, 0.15) is 25.3 Å². The van der Waals surface area contributed by atoms with Crippen molar-refractivity contribution in [1.29, 1.82) is 0 Å². The highest BCUT2D eigenvalue weighted by Crippen LogP contribution is 2.62. The quantitative estimate of drug-likeness (QED) is 0.422. The number of halogens is 2. The van der Waals surface area contributed by atoms with Crippen LogP contribution in [0.4, 0.5) is 10.1 Å². The van der Waals surface area contributed by atoms with Crippen LogP contribution >= 0.6 is 11.6 Å². The molecule has 2 aromatic rings. The third-order valence-corrected chi connectivity index (χ3v) is 9.72. The number of carbonyl (C=O) groups excluding carboxylic acids is 4. The molecule has 204 valence electrons. The minimum atomic E-state index is -1.25. The van der Waals surface area contributed by atoms with E-state index >= 15 is 0 Å². The molecular weight excluding hydrogens is 539 g/mol. The van der Waals surface area contributed by atoms with E-state index in [0.29, 0.717) is 18.6 Å². The van der Waals surface area contributed by atoms with Crippen molar-refractivity contribution >= 4 is 40.9 Å². The molecule has 0 spiro atoms. The van der Waals surface area contributed by atoms with Crippen molar-refractivity contribution in [2.24, 2.45) is 35.0 Å². The summed E-state index contributed by atoms with van der Waals surface area (Å²) in [7, 11) is 0. The molecule has 10 heteroatoms. The normalized spacial score (nSPS) is 32.4. The lowest BCUT2D eigenvalue weighted by Crippen LogP contribution is -2.51. The van der Waals surface area contributed by atoms with Gasteiger partial charge in [-0.25, -0.2) is 9.29 Å². The monoisotopic (exact) mass is 562 g/mol. The Bertz CT molecular complexity index is 1620. The van der Waals surface area contributed by atoms with Gasteiger partial charge in [-0.2, -0.15) is 0 Å². The van der Waals surface area contributed by atoms with Crippen LogP contribution < -0.4 is 15.0 Å². The Morgan fingerprint density at radius 2 is 1.90 bits per heavy atom. The minimum absolute atomic E-state index is 0.0709. The fraction of sp³-hybridized carbons (Fsp3) is 0.333. The van der Waals surface area contributed by atoms with E-state index in [1.165, 1.54) is 18.2 Å². The Kier molecular flexibility index (Phi) is 5.32. The zero-order valence-electron chi connectivity index (χ0n) is 21.3. The Morgan fingerprint density at radius 1 is 1.10 bits per heavy atom. The number of amides is 4. The van der Waals surface area contributed by atoms with Crippen molar-refractivity contribution in [3.63, 3.8) is 0 Å². The largest absolute Gasteiger partial charge is 0.508 e. The number of phenolic OH excluding ortho intramolecular Hbond substituents is 1. The first-order chi connectivity index (χ1) is 19.1. The number of phenols is 1. The summed E-state index contributed by atoms with van der Waals surface area (Å²) in [6, 6.07) is 8.51. The first kappa shape index (κ1) is 25.0. The number of hydrogen-bond acceptors (Lipinski definition) is 6. The summed E-state index contributed by atoms with van der Waals surface area (Å²) in [5.74, 6) is -4.66. The van der Waals surface area contributed by atoms with Gasteiger partial charge in [-0.15, -0.1) is 0 Å². The highest BCUT2D eigenvalue weighted by molar-refractivity contribution is 6.31. The molecule has 2 aromatic carbocycles. The van der Waals surface area contributed by atoms with Gasteiger partial charge in [0.25, 0.3) is 0 Å². The average molecular weight is 563 g/mol. The van der Waals surface area contributed by atoms with Crippen molar-refractivity contribution in [1.82, 2.24) is 5.32 Å². The second-order valence-corrected chi connectivity index (χ2v) is 11.8. The maximum absolute atomic E-state index is 14.3. The van der Waals surface area contributed by atoms with Crippen molar-refractivity contribution in [3.05, 3.63) is 76.3 Å². The number of nitrogens with zero attached hydrogens (tertiary/aromatic N) is 1. The molecule has 3 aliphatic heterocycles. The van der Waals surface area contributed by atoms with Crippen molar-refractivity contribution < 1.29 is 33.4 Å². The van der Waals surface area contributed by atoms with Gasteiger partial charge in [0.2, 0.25) is 23.6 Å². The molecule has 3 heterocycles. The molecular formula is C30H24ClFN2O6. The SMILES string of the molecule is CC12C(=O)N(c3ccc(F)c(Cl)c3)C(=O)C1CC1C(=CCC3C(=O)NC(=O)C31)C2C1=COc2ccc(O)cc2C1. The zero-order valence-corrected chi connectivity index (χ0v) is 22.1. The number of fused-ring (bicyclic) bond motifs is 5. The summed E-state index contributed by atoms with van der Waals surface area (Å²) >= 11 is 6.02. The number of aromatic hydroxyl groups is 1. The van der Waals surface area contributed by atoms with Crippen molar-refractivity contribution in [3.8, 4) is 11.5 Å². The van der Waals surface area contributed by atoms with Crippen LogP contribution in [0.2, 0.25) is 5.02 Å². The molecule has 40 heavy (non-hydrogen) atoms. The van der Waals surface area contributed by atoms with Gasteiger partial charge < -0.3 is 9.84 Å². The number of allylic oxidation sites excluding steroid dienone is 3. The number of hydrogen-bond donors (Lipinski definition) is 2. The van der Waals surface area contributed by atoms with E-state index in [1.807, 2.05) is 6.08 Å². The van der Waals surface area contributed by atoms with E-state index in [1.54, 1.807) is 25.3 Å². The fourth-order valence-electron chi connectivity index (χ4n) is 7.63. The van der Waals surface area contributed by atoms with Crippen LogP contribution in [0.15, 0.2) is 59.9 Å². The lowest BCUT2D eigenvalue weighted by Gasteiger charge is -2.49. The Hall–Kier alpha value is -3.98. The van der Waals surface area contributed by atoms with Crippen LogP contribution in [0, 0.1) is 40.8 Å². The van der Waals surface area contributed by atoms with Gasteiger partial charge in [0.1, 0.15) is 17.3 Å². The molecule has 0 aromatic heterocycles. The Balaban J connectivity index is 1.38. The van der Waals surface area contributed by atoms with Gasteiger partial charge in [0.15, 0.2) is 0 Å². The van der Waals surface area contributed by atoms with E-state index < -0.39 is 52.6 Å². The molecule has 2 aliphatic carbocycles. The lowest BCUT2D eigenvalue weighted by molar-refractivity contribution is -0.132. The maximum atomic E-state index is 14.3. The summed E-state index contributed by atoms with van der Waals surface area (Å²) < 4.78 is 19.9. The van der Waals surface area contributed by atoms with E-state index in [9.17, 15) is 28.7 Å². The predicted octanol–water partition coefficient (Wildman–Crippen LogP) is 4.05. The summed E-state index contributed by atoms with van der Waals surface area (Å²) in [4.78, 5) is 55.0. The molecule has 0 bridgehead atoms. The number of carbonyl (C=O) groups is 4. The number of imide groups is 2. The van der Waals surface area contributed by atoms with Gasteiger partial charge >= 0.3 is 0 Å². The average Bonchev–Trinajstić information content (AvgIpc) is 3.32. The maximum Gasteiger partial charge on any atom is 0.241 e. The summed E-state index contributed by atoms with van der Waals surface area (Å²) in [6.07, 6.45) is 4.45. The van der Waals surface area contributed by atoms with Gasteiger partial charge in [-0.05, 0) is 67.7 Å². The molecule has 6 atom stereocenters. The van der Waals surface area contributed by atoms with Crippen LogP contribution in [0.3, 0.4) is 0 Å². The number of nitrogens with one attached hydrogen (secondary N) is 1. The van der Waals surface area contributed by atoms with Crippen LogP contribution in [-0.4, -0.2) is 28.7 Å². The summed E-state index contributed by atoms with van der Waals surface area (Å²) in [5.41, 5.74) is 1.20. The third-order valence-electron chi connectivity index (χ3n) is 9.43. The number of anilines is 1. The standard InChI is InChI=1S/C30H24ClFN2O6/c1-30-20(28(38)34(29(30)39)15-2-6-22(32)21(31)10-15)11-19-17(4-5-18-24(19)27(37)33-26(18)36)25(30)14-8-13-9-16(35)3-7-23(13)40-12-14/h2-4,6-7,9-10,12,18-20,24-25,35H,5,8,11H2,1H3,(H,33,36,37). The predicted molar refractivity (Wildman–Crippen MR) is 140 cm³/mol. The number of benzene rings is 2. The molecule has 0 radical (unpaired) electrons. The molecule has 7 rings (SSSR count). The highest BCUT2D eigenvalue weighted by Gasteiger charge is 2.67. The van der Waals surface area contributed by atoms with E-state index in [2.05, 4.69) is 5.32 Å². The highest BCUT2D eigenvalue weighted by atomic mass is 35.5. The summed E-state index contributed by atoms with van der Waals surface area (Å²) in [6.45, 7) is 1.76. The molecule has 6 unspecified atom stereocenters. The molecule has 3 fully saturated rings. The Morgan fingerprint density at radius 3 is 2.67 bits per heavy atom. The van der Waals surface area contributed by atoms with Gasteiger partial charge in [-0.3, -0.25) is 24.5 Å². The zero-order chi connectivity index (χ0) is 28.1. The van der Waals surface area contributed by atoms with Gasteiger partial charge in [0.05, 0.1) is 40.1 Å². The van der Waals surface area contributed by atoms with E-state index in [-0.39, 0.29) is 34.7 Å². The molecule has 5 aliphatic rings. The Labute approximate surface area is 233 Å². The van der Waals surface area contributed by atoms with Crippen LogP contribution in [-0.2, 0) is 25.6 Å². The van der Waals surface area contributed by atoms with Crippen LogP contribution in [0.25, 0.3) is 0 Å². The number of rotatable bonds is 2. The fourth-order valence-corrected chi connectivity index (χ4v) is 7.80. The smallest absolute Gasteiger partial charge is 0.241 e. The molecule has 2 N–H and O–H groups in total. The lowest BCUT2D eigenvalue weighted by atomic mass is 9.51. The summed E-state index contributed by atoms with van der Waals surface area (Å²) in [5, 5.41) is 12.3. The first-order valence-corrected chi connectivity index (χ1v) is 13.5. The first-order valence-electron chi connectivity index (χ1n) is 13.1. The molecule has 2 saturated heterocycles. The van der Waals surface area contributed by atoms with E-state index in [4.69, 9.17) is 16.3 Å². The van der Waals surface area contributed by atoms with Crippen molar-refractivity contribution in [2.45, 2.75) is 26.2 Å². The van der Waals surface area contributed by atoms with Gasteiger partial charge in [0, 0.05) is 17.9 Å².